The van der Waals surface area contributed by atoms with Gasteiger partial charge in [0.15, 0.2) is 6.10 Å². The van der Waals surface area contributed by atoms with Gasteiger partial charge in [-0.15, -0.1) is 0 Å². The fourth-order valence-electron chi connectivity index (χ4n) is 3.01. The molecule has 0 saturated heterocycles. The summed E-state index contributed by atoms with van der Waals surface area (Å²) in [5.41, 5.74) is 4.29. The molecule has 0 aliphatic rings. The van der Waals surface area contributed by atoms with E-state index in [2.05, 4.69) is 16.2 Å². The van der Waals surface area contributed by atoms with Crippen LogP contribution in [0.1, 0.15) is 30.1 Å². The van der Waals surface area contributed by atoms with Gasteiger partial charge in [0.05, 0.1) is 5.56 Å². The molecule has 172 valence electrons. The Kier molecular flexibility index (Phi) is 7.91. The monoisotopic (exact) mass is 455 g/mol. The molecule has 3 aromatic carbocycles. The normalized spacial score (nSPS) is 11.5. The van der Waals surface area contributed by atoms with Crippen molar-refractivity contribution in [2.75, 3.05) is 6.54 Å². The number of carbonyl (C=O) groups is 3. The summed E-state index contributed by atoms with van der Waals surface area (Å²) < 4.78 is 32.1. The Morgan fingerprint density at radius 2 is 1.70 bits per heavy atom. The highest BCUT2D eigenvalue weighted by atomic mass is 19.1. The van der Waals surface area contributed by atoms with Crippen LogP contribution in [0.4, 0.5) is 8.78 Å². The molecular formula is C24H23F2N3O4. The van der Waals surface area contributed by atoms with Crippen LogP contribution in [0.15, 0.2) is 60.7 Å². The molecule has 3 amide bonds. The van der Waals surface area contributed by atoms with Crippen molar-refractivity contribution in [2.24, 2.45) is 0 Å². The van der Waals surface area contributed by atoms with Crippen LogP contribution in [0.5, 0.6) is 5.75 Å². The van der Waals surface area contributed by atoms with Crippen molar-refractivity contribution < 1.29 is 27.9 Å². The van der Waals surface area contributed by atoms with Crippen molar-refractivity contribution in [3.63, 3.8) is 0 Å². The van der Waals surface area contributed by atoms with Gasteiger partial charge in [-0.25, -0.2) is 8.78 Å². The molecule has 0 aliphatic carbocycles. The fourth-order valence-corrected chi connectivity index (χ4v) is 3.01. The lowest BCUT2D eigenvalue weighted by atomic mass is 10.1. The molecule has 33 heavy (non-hydrogen) atoms. The summed E-state index contributed by atoms with van der Waals surface area (Å²) in [6, 6.07) is 15.9. The number of fused-ring (bicyclic) bond motifs is 1. The standard InChI is InChI=1S/C24H23F2N3O4/c1-15(33-19-10-8-16-5-2-3-6-17(16)13-19)23(31)29-28-22(30)7-4-12-27-24(32)20-11-9-18(25)14-21(20)26/h2-3,5-6,8-11,13-15H,4,7,12H2,1H3,(H,27,32)(H,28,30)(H,29,31). The van der Waals surface area contributed by atoms with Gasteiger partial charge in [0.2, 0.25) is 5.91 Å². The Hall–Kier alpha value is -4.01. The summed E-state index contributed by atoms with van der Waals surface area (Å²) >= 11 is 0. The van der Waals surface area contributed by atoms with E-state index in [9.17, 15) is 23.2 Å². The minimum atomic E-state index is -0.965. The molecule has 0 fully saturated rings. The number of halogens is 2. The number of nitrogens with one attached hydrogen (secondary N) is 3. The quantitative estimate of drug-likeness (QED) is 0.359. The third-order valence-corrected chi connectivity index (χ3v) is 4.77. The zero-order chi connectivity index (χ0) is 23.8. The minimum Gasteiger partial charge on any atom is -0.481 e. The Morgan fingerprint density at radius 1 is 0.939 bits per heavy atom. The lowest BCUT2D eigenvalue weighted by molar-refractivity contribution is -0.132. The number of benzene rings is 3. The van der Waals surface area contributed by atoms with Crippen LogP contribution in [-0.2, 0) is 9.59 Å². The Balaban J connectivity index is 1.36. The van der Waals surface area contributed by atoms with Crippen LogP contribution in [0.3, 0.4) is 0 Å². The maximum absolute atomic E-state index is 13.6. The summed E-state index contributed by atoms with van der Waals surface area (Å²) in [6.07, 6.45) is -0.595. The second kappa shape index (κ2) is 11.0. The van der Waals surface area contributed by atoms with Crippen LogP contribution in [0.25, 0.3) is 10.8 Å². The molecule has 1 unspecified atom stereocenters. The summed E-state index contributed by atoms with van der Waals surface area (Å²) in [4.78, 5) is 36.0. The van der Waals surface area contributed by atoms with Crippen molar-refractivity contribution in [3.8, 4) is 5.75 Å². The van der Waals surface area contributed by atoms with Crippen LogP contribution in [-0.4, -0.2) is 30.4 Å². The van der Waals surface area contributed by atoms with Gasteiger partial charge in [0.1, 0.15) is 17.4 Å². The molecule has 3 aromatic rings. The van der Waals surface area contributed by atoms with Crippen molar-refractivity contribution in [2.45, 2.75) is 25.9 Å². The van der Waals surface area contributed by atoms with Gasteiger partial charge in [0.25, 0.3) is 11.8 Å². The maximum Gasteiger partial charge on any atom is 0.279 e. The number of hydrazine groups is 1. The highest BCUT2D eigenvalue weighted by Crippen LogP contribution is 2.21. The molecule has 0 aromatic heterocycles. The molecule has 0 heterocycles. The average molecular weight is 455 g/mol. The molecule has 0 aliphatic heterocycles. The van der Waals surface area contributed by atoms with Crippen LogP contribution in [0, 0.1) is 11.6 Å². The van der Waals surface area contributed by atoms with E-state index < -0.39 is 35.5 Å². The van der Waals surface area contributed by atoms with Gasteiger partial charge in [-0.05, 0) is 48.4 Å². The molecule has 0 bridgehead atoms. The Bertz CT molecular complexity index is 1170. The van der Waals surface area contributed by atoms with Crippen LogP contribution in [0.2, 0.25) is 0 Å². The molecule has 0 saturated carbocycles. The number of hydrogen-bond donors (Lipinski definition) is 3. The van der Waals surface area contributed by atoms with Crippen molar-refractivity contribution in [1.29, 1.82) is 0 Å². The molecule has 3 N–H and O–H groups in total. The zero-order valence-corrected chi connectivity index (χ0v) is 17.9. The zero-order valence-electron chi connectivity index (χ0n) is 17.9. The number of amides is 3. The predicted octanol–water partition coefficient (Wildman–Crippen LogP) is 3.24. The van der Waals surface area contributed by atoms with Gasteiger partial charge < -0.3 is 10.1 Å². The molecule has 0 radical (unpaired) electrons. The molecule has 9 heteroatoms. The summed E-state index contributed by atoms with van der Waals surface area (Å²) in [6.45, 7) is 1.65. The van der Waals surface area contributed by atoms with Crippen LogP contribution < -0.4 is 20.9 Å². The molecule has 0 spiro atoms. The molecular weight excluding hydrogens is 432 g/mol. The summed E-state index contributed by atoms with van der Waals surface area (Å²) in [5, 5.41) is 4.48. The lowest BCUT2D eigenvalue weighted by Gasteiger charge is -2.15. The predicted molar refractivity (Wildman–Crippen MR) is 118 cm³/mol. The first-order valence-corrected chi connectivity index (χ1v) is 10.3. The van der Waals surface area contributed by atoms with Gasteiger partial charge >= 0.3 is 0 Å². The largest absolute Gasteiger partial charge is 0.481 e. The Labute approximate surface area is 189 Å². The molecule has 3 rings (SSSR count). The fraction of sp³-hybridized carbons (Fsp3) is 0.208. The second-order valence-corrected chi connectivity index (χ2v) is 7.29. The molecule has 7 nitrogen and oxygen atoms in total. The smallest absolute Gasteiger partial charge is 0.279 e. The SMILES string of the molecule is CC(Oc1ccc2ccccc2c1)C(=O)NNC(=O)CCCNC(=O)c1ccc(F)cc1F. The van der Waals surface area contributed by atoms with E-state index in [0.717, 1.165) is 22.9 Å². The number of ether oxygens (including phenoxy) is 1. The van der Waals surface area contributed by atoms with Crippen molar-refractivity contribution >= 4 is 28.5 Å². The third kappa shape index (κ3) is 6.73. The van der Waals surface area contributed by atoms with Gasteiger partial charge in [0, 0.05) is 19.0 Å². The van der Waals surface area contributed by atoms with E-state index in [0.29, 0.717) is 11.8 Å². The van der Waals surface area contributed by atoms with E-state index >= 15 is 0 Å². The number of rotatable bonds is 8. The van der Waals surface area contributed by atoms with Crippen LogP contribution >= 0.6 is 0 Å². The highest BCUT2D eigenvalue weighted by molar-refractivity contribution is 5.94. The maximum atomic E-state index is 13.6. The first-order valence-electron chi connectivity index (χ1n) is 10.3. The summed E-state index contributed by atoms with van der Waals surface area (Å²) in [5.74, 6) is -2.93. The molecule has 1 atom stereocenters. The van der Waals surface area contributed by atoms with Gasteiger partial charge in [-0.2, -0.15) is 0 Å². The topological polar surface area (TPSA) is 96.5 Å². The van der Waals surface area contributed by atoms with Crippen molar-refractivity contribution in [3.05, 3.63) is 77.9 Å². The van der Waals surface area contributed by atoms with E-state index in [-0.39, 0.29) is 24.9 Å². The minimum absolute atomic E-state index is 0.00632. The third-order valence-electron chi connectivity index (χ3n) is 4.77. The van der Waals surface area contributed by atoms with E-state index in [1.165, 1.54) is 0 Å². The average Bonchev–Trinajstić information content (AvgIpc) is 2.80. The van der Waals surface area contributed by atoms with E-state index in [1.54, 1.807) is 13.0 Å². The van der Waals surface area contributed by atoms with Gasteiger partial charge in [-0.1, -0.05) is 30.3 Å². The lowest BCUT2D eigenvalue weighted by Crippen LogP contribution is -2.47. The van der Waals surface area contributed by atoms with Gasteiger partial charge in [-0.3, -0.25) is 25.2 Å². The number of hydrogen-bond acceptors (Lipinski definition) is 4. The highest BCUT2D eigenvalue weighted by Gasteiger charge is 2.16. The van der Waals surface area contributed by atoms with E-state index in [4.69, 9.17) is 4.74 Å². The van der Waals surface area contributed by atoms with Crippen molar-refractivity contribution in [1.82, 2.24) is 16.2 Å². The summed E-state index contributed by atoms with van der Waals surface area (Å²) in [7, 11) is 0. The Morgan fingerprint density at radius 3 is 2.45 bits per heavy atom. The number of carbonyl (C=O) groups excluding carboxylic acids is 3. The first kappa shape index (κ1) is 23.6. The first-order chi connectivity index (χ1) is 15.8. The van der Waals surface area contributed by atoms with E-state index in [1.807, 2.05) is 36.4 Å². The second-order valence-electron chi connectivity index (χ2n) is 7.29.